The molecule has 3 heterocycles. The summed E-state index contributed by atoms with van der Waals surface area (Å²) in [4.78, 5) is 32.3. The van der Waals surface area contributed by atoms with E-state index in [1.807, 2.05) is 18.2 Å². The number of hydrogen-bond donors (Lipinski definition) is 1. The smallest absolute Gasteiger partial charge is 0.253 e. The van der Waals surface area contributed by atoms with Gasteiger partial charge in [-0.2, -0.15) is 4.31 Å². The predicted molar refractivity (Wildman–Crippen MR) is 160 cm³/mol. The largest absolute Gasteiger partial charge is 0.436 e. The number of hydrogen-bond acceptors (Lipinski definition) is 9. The van der Waals surface area contributed by atoms with Gasteiger partial charge in [-0.3, -0.25) is 9.59 Å². The third-order valence-corrected chi connectivity index (χ3v) is 11.3. The summed E-state index contributed by atoms with van der Waals surface area (Å²) in [7, 11) is -8.03. The lowest BCUT2D eigenvalue weighted by molar-refractivity contribution is -0.122. The van der Waals surface area contributed by atoms with Crippen molar-refractivity contribution in [2.45, 2.75) is 28.0 Å². The van der Waals surface area contributed by atoms with E-state index in [1.54, 1.807) is 41.8 Å². The average Bonchev–Trinajstić information content (AvgIpc) is 3.73. The van der Waals surface area contributed by atoms with Gasteiger partial charge in [0.05, 0.1) is 17.0 Å². The minimum absolute atomic E-state index is 0.0402. The molecule has 1 unspecified atom stereocenters. The zero-order valence-corrected chi connectivity index (χ0v) is 24.8. The van der Waals surface area contributed by atoms with E-state index in [4.69, 9.17) is 9.56 Å². The van der Waals surface area contributed by atoms with E-state index < -0.39 is 37.9 Å². The number of benzene rings is 3. The highest BCUT2D eigenvalue weighted by atomic mass is 32.2. The van der Waals surface area contributed by atoms with Crippen molar-refractivity contribution in [3.8, 4) is 11.5 Å². The number of oxazole rings is 1. The van der Waals surface area contributed by atoms with E-state index in [2.05, 4.69) is 4.98 Å². The van der Waals surface area contributed by atoms with Crippen molar-refractivity contribution in [2.75, 3.05) is 11.4 Å². The van der Waals surface area contributed by atoms with Crippen molar-refractivity contribution in [2.24, 2.45) is 5.14 Å². The molecule has 0 saturated carbocycles. The number of imide groups is 1. The van der Waals surface area contributed by atoms with Crippen LogP contribution in [0.1, 0.15) is 12.0 Å². The number of sulfonamides is 2. The Morgan fingerprint density at radius 1 is 0.930 bits per heavy atom. The molecule has 220 valence electrons. The van der Waals surface area contributed by atoms with Crippen LogP contribution in [0.5, 0.6) is 0 Å². The van der Waals surface area contributed by atoms with E-state index >= 15 is 0 Å². The molecular formula is C29H24N4O7S3. The molecule has 6 rings (SSSR count). The lowest BCUT2D eigenvalue weighted by atomic mass is 10.1. The van der Waals surface area contributed by atoms with Gasteiger partial charge in [0.1, 0.15) is 15.8 Å². The lowest BCUT2D eigenvalue weighted by Gasteiger charge is -2.26. The standard InChI is InChI=1S/C29H24N4O7S3/c30-42(36,37)22-13-7-19(8-14-22)15-16-32(43(38,39)27-6-3-17-41-27)24-18-26(34)33(29(24)35)21-11-9-20(10-12-21)28-31-23-4-1-2-5-25(23)40-28/h1-14,17,24H,15-16,18H2,(H2,30,36,37). The van der Waals surface area contributed by atoms with Gasteiger partial charge < -0.3 is 4.42 Å². The normalized spacial score (nSPS) is 16.0. The van der Waals surface area contributed by atoms with Crippen LogP contribution in [-0.2, 0) is 36.1 Å². The van der Waals surface area contributed by atoms with Gasteiger partial charge in [0.15, 0.2) is 5.58 Å². The molecule has 5 aromatic rings. The lowest BCUT2D eigenvalue weighted by Crippen LogP contribution is -2.46. The van der Waals surface area contributed by atoms with Gasteiger partial charge in [-0.05, 0) is 72.0 Å². The molecule has 3 aromatic carbocycles. The highest BCUT2D eigenvalue weighted by molar-refractivity contribution is 7.91. The van der Waals surface area contributed by atoms with Crippen LogP contribution in [0.3, 0.4) is 0 Å². The average molecular weight is 637 g/mol. The Hall–Kier alpha value is -4.21. The highest BCUT2D eigenvalue weighted by Gasteiger charge is 2.47. The number of fused-ring (bicyclic) bond motifs is 1. The van der Waals surface area contributed by atoms with Crippen molar-refractivity contribution in [3.05, 3.63) is 95.9 Å². The molecule has 11 nitrogen and oxygen atoms in total. The molecule has 2 amide bonds. The molecule has 0 bridgehead atoms. The fourth-order valence-corrected chi connectivity index (χ4v) is 8.13. The second-order valence-corrected chi connectivity index (χ2v) is 14.4. The van der Waals surface area contributed by atoms with Crippen LogP contribution in [0.25, 0.3) is 22.6 Å². The minimum atomic E-state index is -4.14. The minimum Gasteiger partial charge on any atom is -0.436 e. The maximum absolute atomic E-state index is 13.7. The topological polar surface area (TPSA) is 161 Å². The van der Waals surface area contributed by atoms with E-state index in [1.165, 1.54) is 30.3 Å². The second-order valence-electron chi connectivity index (χ2n) is 9.81. The number of carbonyl (C=O) groups is 2. The molecule has 0 spiro atoms. The van der Waals surface area contributed by atoms with Gasteiger partial charge in [-0.25, -0.2) is 31.9 Å². The molecule has 1 saturated heterocycles. The van der Waals surface area contributed by atoms with Gasteiger partial charge in [0.2, 0.25) is 21.8 Å². The van der Waals surface area contributed by atoms with Gasteiger partial charge in [-0.15, -0.1) is 11.3 Å². The van der Waals surface area contributed by atoms with Gasteiger partial charge in [-0.1, -0.05) is 30.3 Å². The summed E-state index contributed by atoms with van der Waals surface area (Å²) in [5.74, 6) is -0.812. The van der Waals surface area contributed by atoms with E-state index in [9.17, 15) is 26.4 Å². The first-order valence-corrected chi connectivity index (χ1v) is 16.9. The summed E-state index contributed by atoms with van der Waals surface area (Å²) in [5.41, 5.74) is 2.89. The molecule has 14 heteroatoms. The van der Waals surface area contributed by atoms with E-state index in [0.717, 1.165) is 20.5 Å². The Morgan fingerprint density at radius 3 is 2.30 bits per heavy atom. The summed E-state index contributed by atoms with van der Waals surface area (Å²) in [5, 5.41) is 6.78. The number of amides is 2. The molecule has 1 aliphatic rings. The Morgan fingerprint density at radius 2 is 1.65 bits per heavy atom. The molecule has 0 aliphatic carbocycles. The third-order valence-electron chi connectivity index (χ3n) is 7.07. The van der Waals surface area contributed by atoms with E-state index in [-0.39, 0.29) is 28.5 Å². The number of anilines is 1. The fourth-order valence-electron chi connectivity index (χ4n) is 4.92. The van der Waals surface area contributed by atoms with Crippen molar-refractivity contribution in [3.63, 3.8) is 0 Å². The monoisotopic (exact) mass is 636 g/mol. The number of thiophene rings is 1. The quantitative estimate of drug-likeness (QED) is 0.239. The van der Waals surface area contributed by atoms with E-state index in [0.29, 0.717) is 33.8 Å². The first-order chi connectivity index (χ1) is 20.5. The fraction of sp³-hybridized carbons (Fsp3) is 0.138. The summed E-state index contributed by atoms with van der Waals surface area (Å²) < 4.78 is 57.5. The number of aromatic nitrogens is 1. The second kappa shape index (κ2) is 11.1. The number of para-hydroxylation sites is 2. The summed E-state index contributed by atoms with van der Waals surface area (Å²) in [6.07, 6.45) is -0.173. The van der Waals surface area contributed by atoms with Crippen molar-refractivity contribution in [1.82, 2.24) is 9.29 Å². The molecular weight excluding hydrogens is 613 g/mol. The SMILES string of the molecule is NS(=O)(=O)c1ccc(CCN(C2CC(=O)N(c3ccc(-c4nc5ccccc5o4)cc3)C2=O)S(=O)(=O)c2cccs2)cc1. The van der Waals surface area contributed by atoms with Crippen molar-refractivity contribution in [1.29, 1.82) is 0 Å². The third kappa shape index (κ3) is 5.62. The van der Waals surface area contributed by atoms with Gasteiger partial charge >= 0.3 is 0 Å². The number of nitrogens with two attached hydrogens (primary N) is 1. The Balaban J connectivity index is 1.26. The highest BCUT2D eigenvalue weighted by Crippen LogP contribution is 2.32. The molecule has 0 radical (unpaired) electrons. The van der Waals surface area contributed by atoms with Crippen LogP contribution < -0.4 is 10.0 Å². The van der Waals surface area contributed by atoms with Crippen LogP contribution in [0.4, 0.5) is 5.69 Å². The Kier molecular flexibility index (Phi) is 7.48. The summed E-state index contributed by atoms with van der Waals surface area (Å²) in [6, 6.07) is 21.4. The number of rotatable bonds is 9. The predicted octanol–water partition coefficient (Wildman–Crippen LogP) is 3.77. The Bertz CT molecular complexity index is 2010. The van der Waals surface area contributed by atoms with Crippen molar-refractivity contribution < 1.29 is 30.8 Å². The van der Waals surface area contributed by atoms with Crippen LogP contribution in [0.2, 0.25) is 0 Å². The number of carbonyl (C=O) groups excluding carboxylic acids is 2. The number of nitrogens with zero attached hydrogens (tertiary/aromatic N) is 3. The Labute approximate surface area is 251 Å². The van der Waals surface area contributed by atoms with Crippen LogP contribution in [0, 0.1) is 0 Å². The molecule has 2 N–H and O–H groups in total. The van der Waals surface area contributed by atoms with Crippen LogP contribution >= 0.6 is 11.3 Å². The van der Waals surface area contributed by atoms with Crippen LogP contribution in [0.15, 0.2) is 104 Å². The summed E-state index contributed by atoms with van der Waals surface area (Å²) in [6.45, 7) is -0.122. The zero-order chi connectivity index (χ0) is 30.4. The maximum atomic E-state index is 13.7. The van der Waals surface area contributed by atoms with Gasteiger partial charge in [0, 0.05) is 12.1 Å². The molecule has 1 atom stereocenters. The van der Waals surface area contributed by atoms with Crippen LogP contribution in [-0.4, -0.2) is 50.5 Å². The maximum Gasteiger partial charge on any atom is 0.253 e. The first kappa shape index (κ1) is 28.9. The molecule has 1 aliphatic heterocycles. The molecule has 43 heavy (non-hydrogen) atoms. The van der Waals surface area contributed by atoms with Crippen molar-refractivity contribution >= 4 is 60.0 Å². The molecule has 2 aromatic heterocycles. The molecule has 1 fully saturated rings. The number of primary sulfonamides is 1. The van der Waals surface area contributed by atoms with Gasteiger partial charge in [0.25, 0.3) is 15.9 Å². The zero-order valence-electron chi connectivity index (χ0n) is 22.4. The first-order valence-electron chi connectivity index (χ1n) is 13.0. The summed E-state index contributed by atoms with van der Waals surface area (Å²) >= 11 is 1.01.